The number of halogens is 1. The number of ether oxygens (including phenoxy) is 1. The molecular weight excluding hydrogens is 671 g/mol. The van der Waals surface area contributed by atoms with Crippen molar-refractivity contribution in [3.05, 3.63) is 129 Å². The minimum absolute atomic E-state index is 0.0128. The molecule has 0 unspecified atom stereocenters. The first-order valence-corrected chi connectivity index (χ1v) is 20.0. The van der Waals surface area contributed by atoms with Gasteiger partial charge in [0.05, 0.1) is 12.7 Å². The molecule has 0 heterocycles. The van der Waals surface area contributed by atoms with Gasteiger partial charge in [0, 0.05) is 5.92 Å². The quantitative estimate of drug-likeness (QED) is 0.0486. The Morgan fingerprint density at radius 3 is 1.75 bits per heavy atom. The monoisotopic (exact) mass is 722 g/mol. The predicted octanol–water partition coefficient (Wildman–Crippen LogP) is 11.0. The zero-order valence-electron chi connectivity index (χ0n) is 27.7. The number of carbonyl (C=O) groups is 1. The molecule has 0 radical (unpaired) electrons. The average molecular weight is 723 g/mol. The molecule has 3 nitrogen and oxygen atoms in total. The van der Waals surface area contributed by atoms with Crippen molar-refractivity contribution >= 4 is 37.2 Å². The topological polar surface area (TPSA) is 35.5 Å². The summed E-state index contributed by atoms with van der Waals surface area (Å²) in [5.74, 6) is 0.0491. The minimum atomic E-state index is -1.99. The van der Waals surface area contributed by atoms with E-state index in [-0.39, 0.29) is 17.1 Å². The highest BCUT2D eigenvalue weighted by Crippen LogP contribution is 2.41. The molecule has 0 saturated heterocycles. The first-order valence-electron chi connectivity index (χ1n) is 15.8. The largest absolute Gasteiger partial charge is 0.410 e. The summed E-state index contributed by atoms with van der Waals surface area (Å²) in [7, 11) is -1.99. The van der Waals surface area contributed by atoms with E-state index >= 15 is 0 Å². The zero-order chi connectivity index (χ0) is 32.2. The van der Waals surface area contributed by atoms with Gasteiger partial charge < -0.3 is 14.0 Å². The fourth-order valence-corrected chi connectivity index (χ4v) is 6.87. The summed E-state index contributed by atoms with van der Waals surface area (Å²) in [5.41, 5.74) is 4.97. The highest BCUT2D eigenvalue weighted by atomic mass is 127. The van der Waals surface area contributed by atoms with E-state index in [2.05, 4.69) is 165 Å². The van der Waals surface area contributed by atoms with Crippen LogP contribution in [-0.4, -0.2) is 27.3 Å². The van der Waals surface area contributed by atoms with E-state index in [0.29, 0.717) is 6.61 Å². The van der Waals surface area contributed by atoms with E-state index in [9.17, 15) is 4.79 Å². The van der Waals surface area contributed by atoms with Gasteiger partial charge in [-0.2, -0.15) is 0 Å². The number of aldehydes is 1. The summed E-state index contributed by atoms with van der Waals surface area (Å²) in [4.78, 5) is 11.4. The molecule has 0 spiro atoms. The van der Waals surface area contributed by atoms with E-state index in [1.165, 1.54) is 11.1 Å². The van der Waals surface area contributed by atoms with Crippen LogP contribution in [-0.2, 0) is 19.6 Å². The van der Waals surface area contributed by atoms with Gasteiger partial charge in [-0.15, -0.1) is 0 Å². The number of benzene rings is 3. The van der Waals surface area contributed by atoms with E-state index in [1.54, 1.807) is 0 Å². The molecule has 0 fully saturated rings. The van der Waals surface area contributed by atoms with E-state index in [0.717, 1.165) is 48.7 Å². The fraction of sp³-hybridized carbons (Fsp3) is 0.410. The van der Waals surface area contributed by atoms with Gasteiger partial charge in [-0.3, -0.25) is 0 Å². The Morgan fingerprint density at radius 1 is 0.864 bits per heavy atom. The number of rotatable bonds is 16. The third-order valence-electron chi connectivity index (χ3n) is 8.95. The Labute approximate surface area is 281 Å². The van der Waals surface area contributed by atoms with Gasteiger partial charge in [-0.25, -0.2) is 0 Å². The summed E-state index contributed by atoms with van der Waals surface area (Å²) in [5, 5.41) is 0.123. The molecule has 44 heavy (non-hydrogen) atoms. The van der Waals surface area contributed by atoms with Crippen LogP contribution in [0.4, 0.5) is 0 Å². The first-order chi connectivity index (χ1) is 20.9. The van der Waals surface area contributed by atoms with E-state index < -0.39 is 13.9 Å². The Morgan fingerprint density at radius 2 is 1.34 bits per heavy atom. The van der Waals surface area contributed by atoms with Gasteiger partial charge in [0.2, 0.25) is 0 Å². The molecule has 236 valence electrons. The van der Waals surface area contributed by atoms with E-state index in [1.807, 2.05) is 6.92 Å². The second-order valence-electron chi connectivity index (χ2n) is 13.4. The SMILES string of the molecule is C/C(=C\I)[C@H](C/C=C(\CCC[C@H](C)C=O)COC(c1ccccc1)(c1ccccc1)c1ccccc1)O[Si](C)(C)C(C)(C)C. The third kappa shape index (κ3) is 9.59. The summed E-state index contributed by atoms with van der Waals surface area (Å²) in [6.45, 7) is 16.2. The van der Waals surface area contributed by atoms with Gasteiger partial charge >= 0.3 is 0 Å². The Hall–Kier alpha value is -2.32. The Balaban J connectivity index is 2.04. The van der Waals surface area contributed by atoms with Crippen molar-refractivity contribution in [2.45, 2.75) is 90.1 Å². The smallest absolute Gasteiger partial charge is 0.192 e. The number of hydrogen-bond donors (Lipinski definition) is 0. The second kappa shape index (κ2) is 16.8. The maximum absolute atomic E-state index is 11.4. The van der Waals surface area contributed by atoms with Crippen LogP contribution in [0, 0.1) is 5.92 Å². The standard InChI is InChI=1S/C39H51IO3Si/c1-31(29-41)18-17-19-33(26-27-37(32(2)28-40)43-44(6,7)38(3,4)5)30-42-39(34-20-11-8-12-21-34,35-22-13-9-14-23-35)36-24-15-10-16-25-36/h8-16,20-26,28-29,31,37H,17-19,27,30H2,1-7H3/b32-28+,33-26+/t31-,37-/m0/s1. The lowest BCUT2D eigenvalue weighted by Gasteiger charge is -2.39. The van der Waals surface area contributed by atoms with Crippen molar-refractivity contribution in [1.82, 2.24) is 0 Å². The van der Waals surface area contributed by atoms with Gasteiger partial charge in [-0.05, 0) is 82.7 Å². The molecule has 3 rings (SSSR count). The molecule has 5 heteroatoms. The number of carbonyl (C=O) groups excluding carboxylic acids is 1. The third-order valence-corrected chi connectivity index (χ3v) is 14.4. The van der Waals surface area contributed by atoms with Crippen LogP contribution in [0.25, 0.3) is 0 Å². The normalized spacial score (nSPS) is 14.7. The zero-order valence-corrected chi connectivity index (χ0v) is 30.8. The first kappa shape index (κ1) is 36.1. The van der Waals surface area contributed by atoms with Crippen LogP contribution >= 0.6 is 22.6 Å². The molecule has 3 aromatic rings. The minimum Gasteiger partial charge on any atom is -0.410 e. The van der Waals surface area contributed by atoms with Gasteiger partial charge in [0.15, 0.2) is 8.32 Å². The second-order valence-corrected chi connectivity index (χ2v) is 18.8. The van der Waals surface area contributed by atoms with Gasteiger partial charge in [0.25, 0.3) is 0 Å². The van der Waals surface area contributed by atoms with E-state index in [4.69, 9.17) is 9.16 Å². The van der Waals surface area contributed by atoms with Crippen LogP contribution < -0.4 is 0 Å². The predicted molar refractivity (Wildman–Crippen MR) is 197 cm³/mol. The summed E-state index contributed by atoms with van der Waals surface area (Å²) >= 11 is 2.33. The molecule has 2 atom stereocenters. The molecule has 0 aromatic heterocycles. The van der Waals surface area contributed by atoms with Crippen molar-refractivity contribution in [2.24, 2.45) is 5.92 Å². The molecule has 0 bridgehead atoms. The van der Waals surface area contributed by atoms with Crippen molar-refractivity contribution < 1.29 is 14.0 Å². The van der Waals surface area contributed by atoms with Crippen molar-refractivity contribution in [3.63, 3.8) is 0 Å². The molecule has 0 aliphatic heterocycles. The van der Waals surface area contributed by atoms with Gasteiger partial charge in [-0.1, -0.05) is 147 Å². The molecular formula is C39H51IO3Si. The average Bonchev–Trinajstić information content (AvgIpc) is 3.03. The molecule has 0 aliphatic carbocycles. The lowest BCUT2D eigenvalue weighted by Crippen LogP contribution is -2.44. The summed E-state index contributed by atoms with van der Waals surface area (Å²) in [6.07, 6.45) is 6.86. The molecule has 3 aromatic carbocycles. The summed E-state index contributed by atoms with van der Waals surface area (Å²) in [6, 6.07) is 31.6. The summed E-state index contributed by atoms with van der Waals surface area (Å²) < 4.78 is 16.3. The molecule has 0 aliphatic rings. The van der Waals surface area contributed by atoms with Crippen molar-refractivity contribution in [1.29, 1.82) is 0 Å². The van der Waals surface area contributed by atoms with Crippen LogP contribution in [0.5, 0.6) is 0 Å². The molecule has 0 saturated carbocycles. The van der Waals surface area contributed by atoms with Crippen molar-refractivity contribution in [2.75, 3.05) is 6.61 Å². The Kier molecular flexibility index (Phi) is 13.8. The lowest BCUT2D eigenvalue weighted by molar-refractivity contribution is -0.110. The molecule has 0 amide bonds. The molecule has 0 N–H and O–H groups in total. The van der Waals surface area contributed by atoms with Crippen LogP contribution in [0.1, 0.15) is 77.0 Å². The highest BCUT2D eigenvalue weighted by molar-refractivity contribution is 14.1. The fourth-order valence-electron chi connectivity index (χ4n) is 5.13. The van der Waals surface area contributed by atoms with Crippen LogP contribution in [0.15, 0.2) is 112 Å². The van der Waals surface area contributed by atoms with Crippen molar-refractivity contribution in [3.8, 4) is 0 Å². The maximum Gasteiger partial charge on any atom is 0.192 e. The number of hydrogen-bond acceptors (Lipinski definition) is 3. The lowest BCUT2D eigenvalue weighted by atomic mass is 9.80. The van der Waals surface area contributed by atoms with Gasteiger partial charge in [0.1, 0.15) is 11.9 Å². The van der Waals surface area contributed by atoms with Crippen LogP contribution in [0.3, 0.4) is 0 Å². The maximum atomic E-state index is 11.4. The highest BCUT2D eigenvalue weighted by Gasteiger charge is 2.40. The Bertz CT molecular complexity index is 1250. The van der Waals surface area contributed by atoms with Crippen LogP contribution in [0.2, 0.25) is 18.1 Å².